The van der Waals surface area contributed by atoms with Crippen LogP contribution in [0.2, 0.25) is 0 Å². The maximum absolute atomic E-state index is 12.8. The summed E-state index contributed by atoms with van der Waals surface area (Å²) in [6.07, 6.45) is -4.64. The van der Waals surface area contributed by atoms with Gasteiger partial charge in [0, 0.05) is 13.0 Å². The zero-order valence-electron chi connectivity index (χ0n) is 9.46. The van der Waals surface area contributed by atoms with Crippen molar-refractivity contribution in [2.75, 3.05) is 13.2 Å². The summed E-state index contributed by atoms with van der Waals surface area (Å²) < 4.78 is 43.4. The van der Waals surface area contributed by atoms with Crippen LogP contribution in [0.15, 0.2) is 24.3 Å². The first-order valence-electron chi connectivity index (χ1n) is 5.50. The van der Waals surface area contributed by atoms with Gasteiger partial charge in [-0.2, -0.15) is 13.2 Å². The molecule has 0 saturated carbocycles. The van der Waals surface area contributed by atoms with Crippen molar-refractivity contribution in [1.29, 1.82) is 0 Å². The number of rotatable bonds is 2. The Bertz CT molecular complexity index is 435. The Kier molecular flexibility index (Phi) is 3.56. The molecule has 1 saturated heterocycles. The fourth-order valence-corrected chi connectivity index (χ4v) is 1.88. The molecule has 1 fully saturated rings. The Balaban J connectivity index is 2.12. The topological polar surface area (TPSA) is 38.3 Å². The minimum Gasteiger partial charge on any atom is -0.366 e. The standard InChI is InChI=1S/C12H12F3NO2/c13-12(14,15)10-4-2-1-3-8(10)5-9-6-16-11(17)7-18-9/h1-4,9H,5-7H2,(H,16,17). The largest absolute Gasteiger partial charge is 0.416 e. The van der Waals surface area contributed by atoms with E-state index in [1.807, 2.05) is 0 Å². The van der Waals surface area contributed by atoms with E-state index in [4.69, 9.17) is 4.74 Å². The van der Waals surface area contributed by atoms with Crippen LogP contribution < -0.4 is 5.32 Å². The van der Waals surface area contributed by atoms with E-state index >= 15 is 0 Å². The lowest BCUT2D eigenvalue weighted by atomic mass is 10.0. The highest BCUT2D eigenvalue weighted by atomic mass is 19.4. The van der Waals surface area contributed by atoms with E-state index in [0.717, 1.165) is 6.07 Å². The first-order chi connectivity index (χ1) is 8.47. The van der Waals surface area contributed by atoms with Gasteiger partial charge in [-0.05, 0) is 11.6 Å². The number of nitrogens with one attached hydrogen (secondary N) is 1. The van der Waals surface area contributed by atoms with Crippen LogP contribution in [0, 0.1) is 0 Å². The van der Waals surface area contributed by atoms with Gasteiger partial charge in [-0.15, -0.1) is 0 Å². The molecule has 0 aromatic heterocycles. The molecule has 98 valence electrons. The second-order valence-electron chi connectivity index (χ2n) is 4.10. The minimum atomic E-state index is -4.37. The highest BCUT2D eigenvalue weighted by Gasteiger charge is 2.33. The monoisotopic (exact) mass is 259 g/mol. The summed E-state index contributed by atoms with van der Waals surface area (Å²) in [5, 5.41) is 2.57. The maximum Gasteiger partial charge on any atom is 0.416 e. The lowest BCUT2D eigenvalue weighted by Gasteiger charge is -2.24. The Hall–Kier alpha value is -1.56. The summed E-state index contributed by atoms with van der Waals surface area (Å²) in [6.45, 7) is 0.143. The van der Waals surface area contributed by atoms with Crippen LogP contribution in [-0.2, 0) is 22.1 Å². The number of halogens is 3. The van der Waals surface area contributed by atoms with Gasteiger partial charge in [0.1, 0.15) is 6.61 Å². The van der Waals surface area contributed by atoms with Crippen molar-refractivity contribution in [2.45, 2.75) is 18.7 Å². The van der Waals surface area contributed by atoms with Crippen LogP contribution in [0.3, 0.4) is 0 Å². The molecule has 1 aromatic rings. The number of benzene rings is 1. The second kappa shape index (κ2) is 4.97. The molecule has 1 heterocycles. The number of hydrogen-bond acceptors (Lipinski definition) is 2. The molecule has 1 unspecified atom stereocenters. The van der Waals surface area contributed by atoms with Crippen LogP contribution in [0.25, 0.3) is 0 Å². The number of ether oxygens (including phenoxy) is 1. The summed E-state index contributed by atoms with van der Waals surface area (Å²) in [6, 6.07) is 5.40. The Morgan fingerprint density at radius 2 is 2.06 bits per heavy atom. The average molecular weight is 259 g/mol. The summed E-state index contributed by atoms with van der Waals surface area (Å²) in [4.78, 5) is 10.9. The smallest absolute Gasteiger partial charge is 0.366 e. The van der Waals surface area contributed by atoms with Gasteiger partial charge < -0.3 is 10.1 Å². The highest BCUT2D eigenvalue weighted by Crippen LogP contribution is 2.32. The normalized spacial score (nSPS) is 20.6. The number of alkyl halides is 3. The van der Waals surface area contributed by atoms with E-state index in [9.17, 15) is 18.0 Å². The number of hydrogen-bond donors (Lipinski definition) is 1. The summed E-state index contributed by atoms with van der Waals surface area (Å²) in [5.41, 5.74) is -0.461. The third-order valence-corrected chi connectivity index (χ3v) is 2.75. The SMILES string of the molecule is O=C1COC(Cc2ccccc2C(F)(F)F)CN1. The van der Waals surface area contributed by atoms with Gasteiger partial charge in [-0.1, -0.05) is 18.2 Å². The highest BCUT2D eigenvalue weighted by molar-refractivity contribution is 5.77. The molecule has 1 aliphatic heterocycles. The van der Waals surface area contributed by atoms with Crippen LogP contribution in [0.4, 0.5) is 13.2 Å². The van der Waals surface area contributed by atoms with Crippen molar-refractivity contribution in [1.82, 2.24) is 5.32 Å². The molecule has 3 nitrogen and oxygen atoms in total. The van der Waals surface area contributed by atoms with Crippen molar-refractivity contribution in [3.63, 3.8) is 0 Å². The molecule has 0 spiro atoms. The molecule has 1 N–H and O–H groups in total. The molecule has 6 heteroatoms. The molecule has 1 atom stereocenters. The molecule has 1 aromatic carbocycles. The van der Waals surface area contributed by atoms with E-state index in [1.165, 1.54) is 12.1 Å². The Morgan fingerprint density at radius 3 is 2.67 bits per heavy atom. The van der Waals surface area contributed by atoms with Gasteiger partial charge in [-0.3, -0.25) is 4.79 Å². The van der Waals surface area contributed by atoms with Crippen molar-refractivity contribution >= 4 is 5.91 Å². The van der Waals surface area contributed by atoms with Gasteiger partial charge in [0.25, 0.3) is 0 Å². The van der Waals surface area contributed by atoms with Crippen LogP contribution in [-0.4, -0.2) is 25.2 Å². The summed E-state index contributed by atoms with van der Waals surface area (Å²) in [7, 11) is 0. The van der Waals surface area contributed by atoms with Crippen molar-refractivity contribution < 1.29 is 22.7 Å². The number of carbonyl (C=O) groups is 1. The average Bonchev–Trinajstić information content (AvgIpc) is 2.31. The number of morpholine rings is 1. The molecular formula is C12H12F3NO2. The quantitative estimate of drug-likeness (QED) is 0.879. The molecule has 1 aliphatic rings. The van der Waals surface area contributed by atoms with E-state index in [0.29, 0.717) is 0 Å². The zero-order valence-corrected chi connectivity index (χ0v) is 9.46. The number of carbonyl (C=O) groups excluding carboxylic acids is 1. The lowest BCUT2D eigenvalue weighted by molar-refractivity contribution is -0.139. The van der Waals surface area contributed by atoms with E-state index in [2.05, 4.69) is 5.32 Å². The molecule has 1 amide bonds. The maximum atomic E-state index is 12.8. The van der Waals surface area contributed by atoms with E-state index in [1.54, 1.807) is 6.07 Å². The van der Waals surface area contributed by atoms with E-state index < -0.39 is 17.8 Å². The number of amides is 1. The molecule has 0 bridgehead atoms. The van der Waals surface area contributed by atoms with Gasteiger partial charge in [0.2, 0.25) is 5.91 Å². The van der Waals surface area contributed by atoms with Crippen LogP contribution >= 0.6 is 0 Å². The predicted molar refractivity (Wildman–Crippen MR) is 57.9 cm³/mol. The first-order valence-corrected chi connectivity index (χ1v) is 5.50. The van der Waals surface area contributed by atoms with Crippen LogP contribution in [0.5, 0.6) is 0 Å². The molecule has 0 aliphatic carbocycles. The second-order valence-corrected chi connectivity index (χ2v) is 4.10. The van der Waals surface area contributed by atoms with Gasteiger partial charge in [0.05, 0.1) is 11.7 Å². The van der Waals surface area contributed by atoms with E-state index in [-0.39, 0.29) is 31.0 Å². The summed E-state index contributed by atoms with van der Waals surface area (Å²) in [5.74, 6) is -0.240. The first kappa shape index (κ1) is 12.9. The molecule has 2 rings (SSSR count). The van der Waals surface area contributed by atoms with Gasteiger partial charge in [-0.25, -0.2) is 0 Å². The summed E-state index contributed by atoms with van der Waals surface area (Å²) >= 11 is 0. The van der Waals surface area contributed by atoms with Gasteiger partial charge >= 0.3 is 6.18 Å². The minimum absolute atomic E-state index is 0.0984. The van der Waals surface area contributed by atoms with Crippen molar-refractivity contribution in [3.8, 4) is 0 Å². The van der Waals surface area contributed by atoms with Crippen molar-refractivity contribution in [3.05, 3.63) is 35.4 Å². The van der Waals surface area contributed by atoms with Crippen LogP contribution in [0.1, 0.15) is 11.1 Å². The van der Waals surface area contributed by atoms with Crippen molar-refractivity contribution in [2.24, 2.45) is 0 Å². The Labute approximate surface area is 102 Å². The third-order valence-electron chi connectivity index (χ3n) is 2.75. The molecule has 18 heavy (non-hydrogen) atoms. The molecular weight excluding hydrogens is 247 g/mol. The predicted octanol–water partition coefficient (Wildman–Crippen LogP) is 1.76. The Morgan fingerprint density at radius 1 is 1.33 bits per heavy atom. The van der Waals surface area contributed by atoms with Gasteiger partial charge in [0.15, 0.2) is 0 Å². The fraction of sp³-hybridized carbons (Fsp3) is 0.417. The third kappa shape index (κ3) is 3.01. The fourth-order valence-electron chi connectivity index (χ4n) is 1.88. The zero-order chi connectivity index (χ0) is 13.2. The molecule has 0 radical (unpaired) electrons. The lowest BCUT2D eigenvalue weighted by Crippen LogP contribution is -2.44.